The van der Waals surface area contributed by atoms with Crippen molar-refractivity contribution in [2.24, 2.45) is 4.99 Å². The number of nitrogens with one attached hydrogen (secondary N) is 3. The van der Waals surface area contributed by atoms with Gasteiger partial charge in [0.2, 0.25) is 0 Å². The van der Waals surface area contributed by atoms with Crippen molar-refractivity contribution in [1.82, 2.24) is 15.6 Å². The lowest BCUT2D eigenvalue weighted by atomic mass is 10.1. The van der Waals surface area contributed by atoms with E-state index in [0.717, 1.165) is 62.4 Å². The van der Waals surface area contributed by atoms with Gasteiger partial charge in [0.1, 0.15) is 5.82 Å². The van der Waals surface area contributed by atoms with E-state index in [-0.39, 0.29) is 29.8 Å². The van der Waals surface area contributed by atoms with Gasteiger partial charge >= 0.3 is 0 Å². The maximum atomic E-state index is 13.2. The van der Waals surface area contributed by atoms with Crippen LogP contribution in [0, 0.1) is 5.82 Å². The molecule has 0 unspecified atom stereocenters. The Morgan fingerprint density at radius 2 is 2.04 bits per heavy atom. The topological polar surface area (TPSA) is 61.4 Å². The van der Waals surface area contributed by atoms with Crippen molar-refractivity contribution in [2.45, 2.75) is 26.2 Å². The van der Waals surface area contributed by atoms with Crippen molar-refractivity contribution in [3.63, 3.8) is 0 Å². The Labute approximate surface area is 165 Å². The fraction of sp³-hybridized carbons (Fsp3) is 0.500. The first-order valence-corrected chi connectivity index (χ1v) is 8.52. The molecule has 0 spiro atoms. The van der Waals surface area contributed by atoms with Gasteiger partial charge in [-0.25, -0.2) is 4.39 Å². The molecule has 0 saturated carbocycles. The summed E-state index contributed by atoms with van der Waals surface area (Å²) in [4.78, 5) is 7.33. The number of hydrogen-bond acceptors (Lipinski definition) is 2. The molecule has 1 heterocycles. The van der Waals surface area contributed by atoms with E-state index in [0.29, 0.717) is 0 Å². The van der Waals surface area contributed by atoms with Crippen molar-refractivity contribution in [3.05, 3.63) is 35.8 Å². The molecule has 25 heavy (non-hydrogen) atoms. The molecule has 2 aromatic rings. The Kier molecular flexibility index (Phi) is 10.5. The first-order valence-electron chi connectivity index (χ1n) is 8.52. The van der Waals surface area contributed by atoms with Gasteiger partial charge in [-0.05, 0) is 49.9 Å². The first-order chi connectivity index (χ1) is 11.7. The van der Waals surface area contributed by atoms with Gasteiger partial charge in [-0.1, -0.05) is 0 Å². The summed E-state index contributed by atoms with van der Waals surface area (Å²) in [6.45, 7) is 5.23. The Hall–Kier alpha value is -1.35. The second-order valence-electron chi connectivity index (χ2n) is 5.58. The average Bonchev–Trinajstić information content (AvgIpc) is 2.98. The smallest absolute Gasteiger partial charge is 0.190 e. The number of unbranched alkanes of at least 4 members (excludes halogenated alkanes) is 1. The van der Waals surface area contributed by atoms with Crippen LogP contribution in [-0.2, 0) is 11.2 Å². The number of halogens is 2. The molecular weight excluding hydrogens is 434 g/mol. The van der Waals surface area contributed by atoms with Gasteiger partial charge in [0.05, 0.1) is 0 Å². The summed E-state index contributed by atoms with van der Waals surface area (Å²) in [5.41, 5.74) is 2.01. The summed E-state index contributed by atoms with van der Waals surface area (Å²) in [7, 11) is 1.77. The van der Waals surface area contributed by atoms with Crippen molar-refractivity contribution in [3.8, 4) is 0 Å². The minimum atomic E-state index is -0.219. The molecule has 0 saturated heterocycles. The Bertz CT molecular complexity index is 660. The normalized spacial score (nSPS) is 11.4. The number of nitrogens with zero attached hydrogens (tertiary/aromatic N) is 1. The van der Waals surface area contributed by atoms with Gasteiger partial charge in [-0.2, -0.15) is 0 Å². The average molecular weight is 462 g/mol. The summed E-state index contributed by atoms with van der Waals surface area (Å²) >= 11 is 0. The van der Waals surface area contributed by atoms with Crippen LogP contribution in [0.4, 0.5) is 4.39 Å². The number of benzene rings is 1. The van der Waals surface area contributed by atoms with Crippen LogP contribution in [0.15, 0.2) is 29.4 Å². The summed E-state index contributed by atoms with van der Waals surface area (Å²) in [6.07, 6.45) is 4.88. The molecule has 1 aromatic carbocycles. The van der Waals surface area contributed by atoms with Gasteiger partial charge in [0.15, 0.2) is 5.96 Å². The molecule has 0 radical (unpaired) electrons. The lowest BCUT2D eigenvalue weighted by molar-refractivity contribution is 0.143. The Morgan fingerprint density at radius 1 is 1.24 bits per heavy atom. The third-order valence-electron chi connectivity index (χ3n) is 3.85. The fourth-order valence-corrected chi connectivity index (χ4v) is 2.58. The number of hydrogen-bond donors (Lipinski definition) is 3. The molecule has 0 fully saturated rings. The van der Waals surface area contributed by atoms with Crippen molar-refractivity contribution in [2.75, 3.05) is 33.4 Å². The van der Waals surface area contributed by atoms with Crippen LogP contribution in [0.1, 0.15) is 25.3 Å². The molecular formula is C18H28FIN4O. The quantitative estimate of drug-likeness (QED) is 0.232. The third-order valence-corrected chi connectivity index (χ3v) is 3.85. The van der Waals surface area contributed by atoms with Crippen LogP contribution < -0.4 is 10.6 Å². The lowest BCUT2D eigenvalue weighted by Gasteiger charge is -2.11. The predicted molar refractivity (Wildman–Crippen MR) is 112 cm³/mol. The van der Waals surface area contributed by atoms with E-state index >= 15 is 0 Å². The van der Waals surface area contributed by atoms with E-state index in [9.17, 15) is 4.39 Å². The van der Waals surface area contributed by atoms with E-state index in [1.807, 2.05) is 19.2 Å². The molecule has 0 aliphatic carbocycles. The predicted octanol–water partition coefficient (Wildman–Crippen LogP) is 3.45. The maximum absolute atomic E-state index is 13.2. The summed E-state index contributed by atoms with van der Waals surface area (Å²) in [6, 6.07) is 4.84. The molecule has 0 amide bonds. The van der Waals surface area contributed by atoms with Crippen LogP contribution in [0.5, 0.6) is 0 Å². The van der Waals surface area contributed by atoms with Gasteiger partial charge in [0, 0.05) is 50.5 Å². The van der Waals surface area contributed by atoms with Crippen LogP contribution in [0.2, 0.25) is 0 Å². The standard InChI is InChI=1S/C18H27FN4O.HI/c1-3-24-11-5-4-9-21-18(20-2)22-10-8-14-13-23-17-12-15(19)6-7-16(14)17;/h6-7,12-13,23H,3-5,8-11H2,1-2H3,(H2,20,21,22);1H. The molecule has 5 nitrogen and oxygen atoms in total. The minimum absolute atomic E-state index is 0. The zero-order valence-corrected chi connectivity index (χ0v) is 17.2. The van der Waals surface area contributed by atoms with E-state index in [1.54, 1.807) is 7.05 Å². The second-order valence-corrected chi connectivity index (χ2v) is 5.58. The highest BCUT2D eigenvalue weighted by molar-refractivity contribution is 14.0. The Balaban J connectivity index is 0.00000312. The number of rotatable bonds is 9. The molecule has 0 atom stereocenters. The molecule has 3 N–H and O–H groups in total. The fourth-order valence-electron chi connectivity index (χ4n) is 2.58. The number of aliphatic imine (C=N–C) groups is 1. The molecule has 0 aliphatic heterocycles. The number of H-pyrrole nitrogens is 1. The monoisotopic (exact) mass is 462 g/mol. The van der Waals surface area contributed by atoms with E-state index in [4.69, 9.17) is 4.74 Å². The highest BCUT2D eigenvalue weighted by atomic mass is 127. The number of aromatic nitrogens is 1. The third kappa shape index (κ3) is 7.19. The van der Waals surface area contributed by atoms with Crippen LogP contribution in [-0.4, -0.2) is 44.3 Å². The van der Waals surface area contributed by atoms with E-state index in [2.05, 4.69) is 20.6 Å². The molecule has 0 bridgehead atoms. The molecule has 7 heteroatoms. The van der Waals surface area contributed by atoms with Crippen molar-refractivity contribution < 1.29 is 9.13 Å². The zero-order chi connectivity index (χ0) is 17.2. The molecule has 2 rings (SSSR count). The SMILES string of the molecule is CCOCCCCNC(=NC)NCCc1c[nH]c2cc(F)ccc12.I. The van der Waals surface area contributed by atoms with Gasteiger partial charge in [-0.3, -0.25) is 4.99 Å². The summed E-state index contributed by atoms with van der Waals surface area (Å²) in [5, 5.41) is 7.67. The Morgan fingerprint density at radius 3 is 2.80 bits per heavy atom. The van der Waals surface area contributed by atoms with Gasteiger partial charge < -0.3 is 20.4 Å². The lowest BCUT2D eigenvalue weighted by Crippen LogP contribution is -2.38. The largest absolute Gasteiger partial charge is 0.382 e. The summed E-state index contributed by atoms with van der Waals surface area (Å²) in [5.74, 6) is 0.584. The number of fused-ring (bicyclic) bond motifs is 1. The van der Waals surface area contributed by atoms with E-state index in [1.165, 1.54) is 17.7 Å². The van der Waals surface area contributed by atoms with Crippen molar-refractivity contribution >= 4 is 40.8 Å². The zero-order valence-electron chi connectivity index (χ0n) is 14.9. The number of aromatic amines is 1. The first kappa shape index (κ1) is 21.7. The second kappa shape index (κ2) is 12.1. The van der Waals surface area contributed by atoms with Crippen LogP contribution >= 0.6 is 24.0 Å². The molecule has 0 aliphatic rings. The highest BCUT2D eigenvalue weighted by Gasteiger charge is 2.05. The van der Waals surface area contributed by atoms with Crippen LogP contribution in [0.25, 0.3) is 10.9 Å². The van der Waals surface area contributed by atoms with E-state index < -0.39 is 0 Å². The van der Waals surface area contributed by atoms with Gasteiger partial charge in [0.25, 0.3) is 0 Å². The molecule has 140 valence electrons. The van der Waals surface area contributed by atoms with Gasteiger partial charge in [-0.15, -0.1) is 24.0 Å². The number of guanidine groups is 1. The minimum Gasteiger partial charge on any atom is -0.382 e. The van der Waals surface area contributed by atoms with Crippen molar-refractivity contribution in [1.29, 1.82) is 0 Å². The highest BCUT2D eigenvalue weighted by Crippen LogP contribution is 2.19. The molecule has 1 aromatic heterocycles. The summed E-state index contributed by atoms with van der Waals surface area (Å²) < 4.78 is 18.5. The number of ether oxygens (including phenoxy) is 1. The van der Waals surface area contributed by atoms with Crippen LogP contribution in [0.3, 0.4) is 0 Å². The maximum Gasteiger partial charge on any atom is 0.190 e.